The van der Waals surface area contributed by atoms with Crippen molar-refractivity contribution in [1.82, 2.24) is 14.8 Å². The van der Waals surface area contributed by atoms with Gasteiger partial charge in [-0.3, -0.25) is 4.79 Å². The third kappa shape index (κ3) is 3.39. The number of hydrogen-bond acceptors (Lipinski definition) is 3. The van der Waals surface area contributed by atoms with Gasteiger partial charge >= 0.3 is 0 Å². The summed E-state index contributed by atoms with van der Waals surface area (Å²) in [6.45, 7) is 9.74. The lowest BCUT2D eigenvalue weighted by molar-refractivity contribution is -0.190. The van der Waals surface area contributed by atoms with Crippen molar-refractivity contribution >= 4 is 16.8 Å². The number of carbonyl (C=O) groups excluding carboxylic acids is 1. The van der Waals surface area contributed by atoms with Crippen LogP contribution in [0.5, 0.6) is 0 Å². The zero-order valence-electron chi connectivity index (χ0n) is 16.7. The highest BCUT2D eigenvalue weighted by molar-refractivity contribution is 5.83. The first-order chi connectivity index (χ1) is 13.0. The smallest absolute Gasteiger partial charge is 0.249 e. The Bertz CT molecular complexity index is 805. The third-order valence-electron chi connectivity index (χ3n) is 6.58. The second-order valence-corrected chi connectivity index (χ2v) is 8.38. The van der Waals surface area contributed by atoms with E-state index in [9.17, 15) is 4.79 Å². The molecule has 0 aliphatic carbocycles. The number of nitrogens with one attached hydrogen (secondary N) is 1. The molecule has 27 heavy (non-hydrogen) atoms. The van der Waals surface area contributed by atoms with E-state index in [0.29, 0.717) is 0 Å². The Morgan fingerprint density at radius 1 is 1.26 bits per heavy atom. The van der Waals surface area contributed by atoms with Crippen LogP contribution in [0.1, 0.15) is 39.2 Å². The molecule has 1 aromatic heterocycles. The Morgan fingerprint density at radius 2 is 2.00 bits per heavy atom. The molecule has 1 amide bonds. The zero-order valence-corrected chi connectivity index (χ0v) is 16.7. The van der Waals surface area contributed by atoms with Crippen LogP contribution in [0.3, 0.4) is 0 Å². The molecule has 2 aliphatic heterocycles. The lowest BCUT2D eigenvalue weighted by Crippen LogP contribution is -2.65. The van der Waals surface area contributed by atoms with Crippen LogP contribution in [0.25, 0.3) is 10.9 Å². The van der Waals surface area contributed by atoms with Gasteiger partial charge in [-0.25, -0.2) is 0 Å². The van der Waals surface area contributed by atoms with Gasteiger partial charge < -0.3 is 19.5 Å². The van der Waals surface area contributed by atoms with Crippen LogP contribution < -0.4 is 0 Å². The fourth-order valence-corrected chi connectivity index (χ4v) is 4.94. The number of morpholine rings is 1. The van der Waals surface area contributed by atoms with Crippen LogP contribution in [-0.2, 0) is 16.0 Å². The van der Waals surface area contributed by atoms with Crippen molar-refractivity contribution in [2.45, 2.75) is 57.7 Å². The fourth-order valence-electron chi connectivity index (χ4n) is 4.94. The van der Waals surface area contributed by atoms with Crippen molar-refractivity contribution in [3.05, 3.63) is 36.0 Å². The maximum Gasteiger partial charge on any atom is 0.249 e. The lowest BCUT2D eigenvalue weighted by atomic mass is 9.82. The van der Waals surface area contributed by atoms with Crippen LogP contribution >= 0.6 is 0 Å². The SMILES string of the molecule is CC(C)N1C(=O)COC2(CCN(CCc3c[nH]c4ccccc34)CC2)C1C. The number of ether oxygens (including phenoxy) is 1. The van der Waals surface area contributed by atoms with E-state index in [1.165, 1.54) is 16.5 Å². The van der Waals surface area contributed by atoms with Gasteiger partial charge in [0.05, 0.1) is 11.6 Å². The maximum atomic E-state index is 12.3. The Balaban J connectivity index is 1.37. The molecule has 0 bridgehead atoms. The Labute approximate surface area is 161 Å². The third-order valence-corrected chi connectivity index (χ3v) is 6.58. The normalized spacial score (nSPS) is 23.6. The average molecular weight is 370 g/mol. The number of benzene rings is 1. The summed E-state index contributed by atoms with van der Waals surface area (Å²) >= 11 is 0. The molecule has 0 radical (unpaired) electrons. The molecular weight excluding hydrogens is 338 g/mol. The van der Waals surface area contributed by atoms with Crippen LogP contribution in [0.2, 0.25) is 0 Å². The van der Waals surface area contributed by atoms with Crippen molar-refractivity contribution in [2.24, 2.45) is 0 Å². The summed E-state index contributed by atoms with van der Waals surface area (Å²) in [6.07, 6.45) is 5.20. The molecule has 5 heteroatoms. The Kier molecular flexibility index (Phi) is 4.99. The van der Waals surface area contributed by atoms with Crippen molar-refractivity contribution in [3.8, 4) is 0 Å². The maximum absolute atomic E-state index is 12.3. The standard InChI is InChI=1S/C22H31N3O2/c1-16(2)25-17(3)22(27-15-21(25)26)9-12-24(13-10-22)11-8-18-14-23-20-7-5-4-6-19(18)20/h4-7,14,16-17,23H,8-13,15H2,1-3H3. The number of fused-ring (bicyclic) bond motifs is 1. The van der Waals surface area contributed by atoms with E-state index in [0.717, 1.165) is 38.9 Å². The van der Waals surface area contributed by atoms with Crippen molar-refractivity contribution in [3.63, 3.8) is 0 Å². The Morgan fingerprint density at radius 3 is 2.74 bits per heavy atom. The number of rotatable bonds is 4. The second kappa shape index (κ2) is 7.28. The first-order valence-corrected chi connectivity index (χ1v) is 10.2. The van der Waals surface area contributed by atoms with Crippen LogP contribution in [0.4, 0.5) is 0 Å². The zero-order chi connectivity index (χ0) is 19.0. The summed E-state index contributed by atoms with van der Waals surface area (Å²) in [7, 11) is 0. The van der Waals surface area contributed by atoms with E-state index >= 15 is 0 Å². The second-order valence-electron chi connectivity index (χ2n) is 8.38. The van der Waals surface area contributed by atoms with E-state index in [1.54, 1.807) is 0 Å². The number of aromatic nitrogens is 1. The molecule has 2 aromatic rings. The van der Waals surface area contributed by atoms with Gasteiger partial charge in [-0.2, -0.15) is 0 Å². The summed E-state index contributed by atoms with van der Waals surface area (Å²) in [5.74, 6) is 0.130. The Hall–Kier alpha value is -1.85. The predicted octanol–water partition coefficient (Wildman–Crippen LogP) is 3.20. The van der Waals surface area contributed by atoms with Gasteiger partial charge in [-0.05, 0) is 51.7 Å². The molecule has 0 saturated carbocycles. The van der Waals surface area contributed by atoms with Crippen LogP contribution in [0.15, 0.2) is 30.5 Å². The number of likely N-dealkylation sites (tertiary alicyclic amines) is 1. The van der Waals surface area contributed by atoms with Crippen molar-refractivity contribution < 1.29 is 9.53 Å². The molecule has 1 unspecified atom stereocenters. The van der Waals surface area contributed by atoms with Gasteiger partial charge in [0.1, 0.15) is 6.61 Å². The molecule has 3 heterocycles. The van der Waals surface area contributed by atoms with E-state index in [1.807, 2.05) is 4.90 Å². The summed E-state index contributed by atoms with van der Waals surface area (Å²) < 4.78 is 6.14. The number of H-pyrrole nitrogens is 1. The van der Waals surface area contributed by atoms with Crippen LogP contribution in [-0.4, -0.2) is 64.6 Å². The van der Waals surface area contributed by atoms with Crippen molar-refractivity contribution in [1.29, 1.82) is 0 Å². The predicted molar refractivity (Wildman–Crippen MR) is 108 cm³/mol. The summed E-state index contributed by atoms with van der Waals surface area (Å²) in [4.78, 5) is 20.2. The fraction of sp³-hybridized carbons (Fsp3) is 0.591. The first kappa shape index (κ1) is 18.5. The van der Waals surface area contributed by atoms with Gasteiger partial charge in [0.15, 0.2) is 0 Å². The van der Waals surface area contributed by atoms with Gasteiger partial charge in [0.25, 0.3) is 0 Å². The number of aromatic amines is 1. The largest absolute Gasteiger partial charge is 0.363 e. The molecule has 146 valence electrons. The molecule has 1 spiro atoms. The minimum absolute atomic E-state index is 0.130. The average Bonchev–Trinajstić information content (AvgIpc) is 3.08. The van der Waals surface area contributed by atoms with E-state index < -0.39 is 0 Å². The highest BCUT2D eigenvalue weighted by atomic mass is 16.5. The monoisotopic (exact) mass is 369 g/mol. The summed E-state index contributed by atoms with van der Waals surface area (Å²) in [5, 5.41) is 1.33. The highest BCUT2D eigenvalue weighted by Gasteiger charge is 2.48. The quantitative estimate of drug-likeness (QED) is 0.900. The number of carbonyl (C=O) groups is 1. The summed E-state index contributed by atoms with van der Waals surface area (Å²) in [5.41, 5.74) is 2.44. The van der Waals surface area contributed by atoms with E-state index in [4.69, 9.17) is 4.74 Å². The van der Waals surface area contributed by atoms with Gasteiger partial charge in [-0.1, -0.05) is 18.2 Å². The topological polar surface area (TPSA) is 48.6 Å². The molecule has 4 rings (SSSR count). The first-order valence-electron chi connectivity index (χ1n) is 10.2. The minimum Gasteiger partial charge on any atom is -0.363 e. The number of para-hydroxylation sites is 1. The molecular formula is C22H31N3O2. The molecule has 2 fully saturated rings. The number of amides is 1. The molecule has 5 nitrogen and oxygen atoms in total. The number of hydrogen-bond donors (Lipinski definition) is 1. The summed E-state index contributed by atoms with van der Waals surface area (Å²) in [6, 6.07) is 8.88. The van der Waals surface area contributed by atoms with Gasteiger partial charge in [0.2, 0.25) is 5.91 Å². The van der Waals surface area contributed by atoms with E-state index in [-0.39, 0.29) is 30.2 Å². The number of nitrogens with zero attached hydrogens (tertiary/aromatic N) is 2. The van der Waals surface area contributed by atoms with Gasteiger partial charge in [0, 0.05) is 42.8 Å². The molecule has 1 N–H and O–H groups in total. The van der Waals surface area contributed by atoms with Gasteiger partial charge in [-0.15, -0.1) is 0 Å². The molecule has 2 aliphatic rings. The van der Waals surface area contributed by atoms with Crippen LogP contribution in [0, 0.1) is 0 Å². The van der Waals surface area contributed by atoms with Crippen molar-refractivity contribution in [2.75, 3.05) is 26.2 Å². The molecule has 1 atom stereocenters. The lowest BCUT2D eigenvalue weighted by Gasteiger charge is -2.52. The molecule has 1 aromatic carbocycles. The highest BCUT2D eigenvalue weighted by Crippen LogP contribution is 2.36. The minimum atomic E-state index is -0.171. The number of piperidine rings is 1. The molecule has 2 saturated heterocycles. The van der Waals surface area contributed by atoms with E-state index in [2.05, 4.69) is 61.1 Å².